The summed E-state index contributed by atoms with van der Waals surface area (Å²) in [5.41, 5.74) is 1.59. The number of esters is 1. The highest BCUT2D eigenvalue weighted by Gasteiger charge is 2.19. The van der Waals surface area contributed by atoms with Gasteiger partial charge in [0, 0.05) is 19.0 Å². The van der Waals surface area contributed by atoms with Crippen LogP contribution < -0.4 is 5.46 Å². The fourth-order valence-electron chi connectivity index (χ4n) is 1.48. The molecule has 19 heavy (non-hydrogen) atoms. The predicted molar refractivity (Wildman–Crippen MR) is 77.5 cm³/mol. The Morgan fingerprint density at radius 2 is 2.00 bits per heavy atom. The van der Waals surface area contributed by atoms with Crippen molar-refractivity contribution >= 4 is 36.3 Å². The molecule has 0 saturated carbocycles. The van der Waals surface area contributed by atoms with E-state index in [4.69, 9.17) is 12.6 Å². The Morgan fingerprint density at radius 1 is 1.37 bits per heavy atom. The second-order valence-electron chi connectivity index (χ2n) is 4.20. The molecule has 0 unspecified atom stereocenters. The van der Waals surface area contributed by atoms with E-state index in [-0.39, 0.29) is 11.8 Å². The molecule has 0 aliphatic carbocycles. The van der Waals surface area contributed by atoms with Crippen molar-refractivity contribution in [2.45, 2.75) is 18.7 Å². The van der Waals surface area contributed by atoms with Crippen LogP contribution in [0.4, 0.5) is 4.79 Å². The average molecular weight is 277 g/mol. The van der Waals surface area contributed by atoms with E-state index in [1.165, 1.54) is 11.0 Å². The van der Waals surface area contributed by atoms with Crippen LogP contribution in [0.15, 0.2) is 17.0 Å². The van der Waals surface area contributed by atoms with E-state index in [1.54, 1.807) is 27.1 Å². The lowest BCUT2D eigenvalue weighted by molar-refractivity contribution is 0.0522. The maximum atomic E-state index is 11.9. The van der Waals surface area contributed by atoms with Gasteiger partial charge in [-0.05, 0) is 31.2 Å². The Morgan fingerprint density at radius 3 is 2.53 bits per heavy atom. The van der Waals surface area contributed by atoms with Crippen LogP contribution in [0.2, 0.25) is 0 Å². The Labute approximate surface area is 118 Å². The van der Waals surface area contributed by atoms with E-state index >= 15 is 0 Å². The summed E-state index contributed by atoms with van der Waals surface area (Å²) in [5, 5.41) is -0.154. The number of nitrogens with zero attached hydrogens (tertiary/aromatic N) is 1. The lowest BCUT2D eigenvalue weighted by Gasteiger charge is -2.15. The van der Waals surface area contributed by atoms with Crippen LogP contribution in [-0.2, 0) is 4.74 Å². The third-order valence-electron chi connectivity index (χ3n) is 2.35. The summed E-state index contributed by atoms with van der Waals surface area (Å²) in [6.45, 7) is 3.82. The van der Waals surface area contributed by atoms with Crippen LogP contribution in [0.1, 0.15) is 22.8 Å². The normalized spacial score (nSPS) is 10.1. The fourth-order valence-corrected chi connectivity index (χ4v) is 2.31. The monoisotopic (exact) mass is 277 g/mol. The van der Waals surface area contributed by atoms with Gasteiger partial charge in [0.05, 0.1) is 12.2 Å². The van der Waals surface area contributed by atoms with Crippen molar-refractivity contribution in [1.82, 2.24) is 4.90 Å². The van der Waals surface area contributed by atoms with E-state index in [0.29, 0.717) is 15.9 Å². The van der Waals surface area contributed by atoms with Gasteiger partial charge in [-0.2, -0.15) is 0 Å². The number of rotatable bonds is 3. The van der Waals surface area contributed by atoms with Crippen molar-refractivity contribution in [2.75, 3.05) is 20.7 Å². The minimum Gasteiger partial charge on any atom is -0.462 e. The second-order valence-corrected chi connectivity index (χ2v) is 5.16. The molecule has 1 rings (SSSR count). The lowest BCUT2D eigenvalue weighted by atomic mass is 9.92. The van der Waals surface area contributed by atoms with Crippen LogP contribution >= 0.6 is 11.8 Å². The van der Waals surface area contributed by atoms with Crippen LogP contribution in [0.5, 0.6) is 0 Å². The van der Waals surface area contributed by atoms with E-state index in [0.717, 1.165) is 17.3 Å². The molecule has 1 aromatic carbocycles. The van der Waals surface area contributed by atoms with Gasteiger partial charge in [-0.25, -0.2) is 4.79 Å². The first-order valence-corrected chi connectivity index (χ1v) is 6.64. The topological polar surface area (TPSA) is 46.6 Å². The van der Waals surface area contributed by atoms with E-state index in [9.17, 15) is 9.59 Å². The van der Waals surface area contributed by atoms with Gasteiger partial charge in [-0.15, -0.1) is 0 Å². The van der Waals surface area contributed by atoms with Crippen molar-refractivity contribution in [3.8, 4) is 0 Å². The molecule has 6 heteroatoms. The van der Waals surface area contributed by atoms with Gasteiger partial charge in [0.25, 0.3) is 5.24 Å². The molecular weight excluding hydrogens is 261 g/mol. The van der Waals surface area contributed by atoms with Gasteiger partial charge >= 0.3 is 5.97 Å². The van der Waals surface area contributed by atoms with Crippen molar-refractivity contribution < 1.29 is 14.3 Å². The highest BCUT2D eigenvalue weighted by molar-refractivity contribution is 8.13. The maximum Gasteiger partial charge on any atom is 0.339 e. The van der Waals surface area contributed by atoms with Crippen molar-refractivity contribution in [3.63, 3.8) is 0 Å². The number of carbonyl (C=O) groups excluding carboxylic acids is 2. The third-order valence-corrected chi connectivity index (χ3v) is 3.63. The molecule has 0 fully saturated rings. The van der Waals surface area contributed by atoms with Gasteiger partial charge in [-0.1, -0.05) is 17.6 Å². The molecule has 0 N–H and O–H groups in total. The molecule has 0 aromatic heterocycles. The Kier molecular flexibility index (Phi) is 5.48. The standard InChI is InChI=1S/C13H16BNO3S/c1-5-18-12(16)10-7-9(14)6-8(2)11(10)19-13(17)15(3)4/h6-7H,5H2,1-4H3. The van der Waals surface area contributed by atoms with E-state index in [2.05, 4.69) is 0 Å². The number of carbonyl (C=O) groups is 2. The first-order valence-electron chi connectivity index (χ1n) is 5.83. The predicted octanol–water partition coefficient (Wildman–Crippen LogP) is 1.74. The summed E-state index contributed by atoms with van der Waals surface area (Å²) in [6, 6.07) is 3.27. The number of thioether (sulfide) groups is 1. The molecular formula is C13H16BNO3S. The first kappa shape index (κ1) is 15.6. The molecule has 0 saturated heterocycles. The number of ether oxygens (including phenoxy) is 1. The van der Waals surface area contributed by atoms with Crippen LogP contribution in [0.25, 0.3) is 0 Å². The molecule has 0 spiro atoms. The smallest absolute Gasteiger partial charge is 0.339 e. The Hall–Kier alpha value is -1.43. The first-order chi connectivity index (χ1) is 8.86. The van der Waals surface area contributed by atoms with Crippen molar-refractivity contribution in [3.05, 3.63) is 23.3 Å². The van der Waals surface area contributed by atoms with Gasteiger partial charge in [-0.3, -0.25) is 4.79 Å². The van der Waals surface area contributed by atoms with Crippen LogP contribution in [-0.4, -0.2) is 44.7 Å². The molecule has 1 amide bonds. The average Bonchev–Trinajstić information content (AvgIpc) is 2.32. The minimum absolute atomic E-state index is 0.154. The molecule has 0 aliphatic heterocycles. The molecule has 0 bridgehead atoms. The fraction of sp³-hybridized carbons (Fsp3) is 0.385. The van der Waals surface area contributed by atoms with Crippen molar-refractivity contribution in [2.24, 2.45) is 0 Å². The summed E-state index contributed by atoms with van der Waals surface area (Å²) in [4.78, 5) is 25.7. The van der Waals surface area contributed by atoms with Crippen molar-refractivity contribution in [1.29, 1.82) is 0 Å². The zero-order chi connectivity index (χ0) is 14.6. The van der Waals surface area contributed by atoms with Gasteiger partial charge in [0.2, 0.25) is 0 Å². The lowest BCUT2D eigenvalue weighted by Crippen LogP contribution is -2.18. The zero-order valence-electron chi connectivity index (χ0n) is 11.5. The van der Waals surface area contributed by atoms with Gasteiger partial charge < -0.3 is 9.64 Å². The minimum atomic E-state index is -0.466. The number of aryl methyl sites for hydroxylation is 1. The molecule has 4 nitrogen and oxygen atoms in total. The van der Waals surface area contributed by atoms with E-state index in [1.807, 2.05) is 6.92 Å². The second kappa shape index (κ2) is 6.66. The number of amides is 1. The largest absolute Gasteiger partial charge is 0.462 e. The number of hydrogen-bond acceptors (Lipinski definition) is 4. The molecule has 0 atom stereocenters. The molecule has 1 aromatic rings. The highest BCUT2D eigenvalue weighted by Crippen LogP contribution is 2.28. The summed E-state index contributed by atoms with van der Waals surface area (Å²) in [6.07, 6.45) is 0. The molecule has 100 valence electrons. The number of hydrogen-bond donors (Lipinski definition) is 0. The maximum absolute atomic E-state index is 11.9. The third kappa shape index (κ3) is 4.03. The Bertz CT molecular complexity index is 503. The molecule has 0 heterocycles. The highest BCUT2D eigenvalue weighted by atomic mass is 32.2. The SMILES string of the molecule is [B]c1cc(C)c(SC(=O)N(C)C)c(C(=O)OCC)c1. The molecule has 0 aliphatic rings. The van der Waals surface area contributed by atoms with Crippen LogP contribution in [0, 0.1) is 6.92 Å². The van der Waals surface area contributed by atoms with Gasteiger partial charge in [0.1, 0.15) is 7.85 Å². The summed E-state index contributed by atoms with van der Waals surface area (Å²) in [7, 11) is 9.06. The summed E-state index contributed by atoms with van der Waals surface area (Å²) in [5.74, 6) is -0.466. The van der Waals surface area contributed by atoms with Gasteiger partial charge in [0.15, 0.2) is 0 Å². The quantitative estimate of drug-likeness (QED) is 0.479. The van der Waals surface area contributed by atoms with Crippen LogP contribution in [0.3, 0.4) is 0 Å². The zero-order valence-corrected chi connectivity index (χ0v) is 12.3. The summed E-state index contributed by atoms with van der Waals surface area (Å²) < 4.78 is 4.99. The summed E-state index contributed by atoms with van der Waals surface area (Å²) >= 11 is 0.998. The Balaban J connectivity index is 3.20. The molecule has 2 radical (unpaired) electrons. The number of benzene rings is 1. The van der Waals surface area contributed by atoms with E-state index < -0.39 is 5.97 Å².